The molecule has 152 valence electrons. The number of benzene rings is 2. The van der Waals surface area contributed by atoms with Crippen molar-refractivity contribution in [2.24, 2.45) is 0 Å². The van der Waals surface area contributed by atoms with Crippen LogP contribution in [-0.2, 0) is 26.0 Å². The van der Waals surface area contributed by atoms with E-state index in [9.17, 15) is 18.0 Å². The average molecular weight is 414 g/mol. The van der Waals surface area contributed by atoms with Crippen LogP contribution in [0.25, 0.3) is 0 Å². The number of carbonyl (C=O) groups is 2. The summed E-state index contributed by atoms with van der Waals surface area (Å²) in [6.45, 7) is 2.48. The molecular formula is C21H22N2O5S. The van der Waals surface area contributed by atoms with Gasteiger partial charge in [0.15, 0.2) is 0 Å². The standard InChI is InChI=1S/C21H22N2O5S/c1-13-17-12-15(11-14-7-6-10-23(19(14)17)20(13)24)29(26,27)22(2)18-9-5-4-8-16(18)21(25)28-3/h4-5,8-9,11-13H,6-7,10H2,1-3H3/t13-/m0/s1. The normalized spacial score (nSPS) is 17.8. The highest BCUT2D eigenvalue weighted by atomic mass is 32.2. The van der Waals surface area contributed by atoms with E-state index in [0.29, 0.717) is 6.54 Å². The zero-order valence-electron chi connectivity index (χ0n) is 16.5. The maximum absolute atomic E-state index is 13.4. The van der Waals surface area contributed by atoms with E-state index in [1.807, 2.05) is 6.92 Å². The molecule has 4 rings (SSSR count). The average Bonchev–Trinajstić information content (AvgIpc) is 2.99. The van der Waals surface area contributed by atoms with Crippen LogP contribution >= 0.6 is 0 Å². The molecular weight excluding hydrogens is 392 g/mol. The van der Waals surface area contributed by atoms with Crippen molar-refractivity contribution < 1.29 is 22.7 Å². The number of para-hydroxylation sites is 1. The number of sulfonamides is 1. The first kappa shape index (κ1) is 19.4. The molecule has 0 unspecified atom stereocenters. The van der Waals surface area contributed by atoms with Crippen LogP contribution in [-0.4, -0.2) is 41.0 Å². The van der Waals surface area contributed by atoms with Crippen molar-refractivity contribution >= 4 is 33.3 Å². The Morgan fingerprint density at radius 2 is 1.97 bits per heavy atom. The molecule has 0 radical (unpaired) electrons. The first-order valence-corrected chi connectivity index (χ1v) is 10.9. The number of nitrogens with zero attached hydrogens (tertiary/aromatic N) is 2. The Kier molecular flexibility index (Phi) is 4.61. The van der Waals surface area contributed by atoms with E-state index >= 15 is 0 Å². The van der Waals surface area contributed by atoms with Gasteiger partial charge in [-0.1, -0.05) is 12.1 Å². The summed E-state index contributed by atoms with van der Waals surface area (Å²) in [7, 11) is -1.28. The molecule has 29 heavy (non-hydrogen) atoms. The molecule has 0 fully saturated rings. The van der Waals surface area contributed by atoms with Crippen molar-refractivity contribution in [3.63, 3.8) is 0 Å². The lowest BCUT2D eigenvalue weighted by Gasteiger charge is -2.27. The van der Waals surface area contributed by atoms with Gasteiger partial charge in [-0.15, -0.1) is 0 Å². The van der Waals surface area contributed by atoms with E-state index in [0.717, 1.165) is 34.0 Å². The molecule has 2 aromatic carbocycles. The van der Waals surface area contributed by atoms with E-state index < -0.39 is 16.0 Å². The van der Waals surface area contributed by atoms with Gasteiger partial charge in [-0.2, -0.15) is 0 Å². The van der Waals surface area contributed by atoms with Crippen molar-refractivity contribution in [2.45, 2.75) is 30.6 Å². The number of carbonyl (C=O) groups excluding carboxylic acids is 2. The molecule has 0 saturated heterocycles. The number of aryl methyl sites for hydroxylation is 1. The van der Waals surface area contributed by atoms with Crippen LogP contribution in [0.1, 0.15) is 40.7 Å². The van der Waals surface area contributed by atoms with Crippen molar-refractivity contribution in [2.75, 3.05) is 29.9 Å². The number of methoxy groups -OCH3 is 1. The second kappa shape index (κ2) is 6.88. The zero-order chi connectivity index (χ0) is 20.9. The van der Waals surface area contributed by atoms with Gasteiger partial charge in [0.2, 0.25) is 5.91 Å². The largest absolute Gasteiger partial charge is 0.465 e. The fraction of sp³-hybridized carbons (Fsp3) is 0.333. The summed E-state index contributed by atoms with van der Waals surface area (Å²) in [5, 5.41) is 0. The molecule has 0 bridgehead atoms. The molecule has 1 atom stereocenters. The van der Waals surface area contributed by atoms with Crippen LogP contribution in [0.5, 0.6) is 0 Å². The van der Waals surface area contributed by atoms with Gasteiger partial charge in [0.25, 0.3) is 10.0 Å². The topological polar surface area (TPSA) is 84.0 Å². The third-order valence-corrected chi connectivity index (χ3v) is 7.45. The van der Waals surface area contributed by atoms with Crippen LogP contribution in [0.15, 0.2) is 41.3 Å². The highest BCUT2D eigenvalue weighted by molar-refractivity contribution is 7.92. The lowest BCUT2D eigenvalue weighted by Crippen LogP contribution is -2.32. The number of amides is 1. The van der Waals surface area contributed by atoms with Crippen LogP contribution in [0, 0.1) is 0 Å². The third-order valence-electron chi connectivity index (χ3n) is 5.70. The first-order chi connectivity index (χ1) is 13.8. The number of hydrogen-bond donors (Lipinski definition) is 0. The van der Waals surface area contributed by atoms with Gasteiger partial charge in [-0.05, 0) is 55.2 Å². The number of hydrogen-bond acceptors (Lipinski definition) is 5. The lowest BCUT2D eigenvalue weighted by molar-refractivity contribution is -0.119. The van der Waals surface area contributed by atoms with Gasteiger partial charge >= 0.3 is 5.97 Å². The Balaban J connectivity index is 1.82. The van der Waals surface area contributed by atoms with Crippen LogP contribution < -0.4 is 9.21 Å². The fourth-order valence-electron chi connectivity index (χ4n) is 4.13. The Labute approximate surface area is 169 Å². The summed E-state index contributed by atoms with van der Waals surface area (Å²) < 4.78 is 32.7. The molecule has 1 amide bonds. The molecule has 2 aliphatic heterocycles. The number of anilines is 2. The van der Waals surface area contributed by atoms with Crippen molar-refractivity contribution in [1.82, 2.24) is 0 Å². The van der Waals surface area contributed by atoms with Gasteiger partial charge in [0, 0.05) is 13.6 Å². The minimum Gasteiger partial charge on any atom is -0.465 e. The molecule has 2 heterocycles. The molecule has 0 aromatic heterocycles. The van der Waals surface area contributed by atoms with E-state index in [4.69, 9.17) is 4.74 Å². The SMILES string of the molecule is COC(=O)c1ccccc1N(C)S(=O)(=O)c1cc2c3c(c1)[C@H](C)C(=O)N3CCC2. The zero-order valence-corrected chi connectivity index (χ0v) is 17.3. The predicted octanol–water partition coefficient (Wildman–Crippen LogP) is 2.69. The highest BCUT2D eigenvalue weighted by Crippen LogP contribution is 2.44. The molecule has 2 aromatic rings. The van der Waals surface area contributed by atoms with Crippen LogP contribution in [0.4, 0.5) is 11.4 Å². The Morgan fingerprint density at radius 1 is 1.24 bits per heavy atom. The second-order valence-corrected chi connectivity index (χ2v) is 9.29. The smallest absolute Gasteiger partial charge is 0.340 e. The maximum atomic E-state index is 13.4. The molecule has 0 saturated carbocycles. The molecule has 2 aliphatic rings. The predicted molar refractivity (Wildman–Crippen MR) is 109 cm³/mol. The van der Waals surface area contributed by atoms with Crippen molar-refractivity contribution in [3.8, 4) is 0 Å². The van der Waals surface area contributed by atoms with Gasteiger partial charge in [0.05, 0.1) is 34.9 Å². The number of rotatable bonds is 4. The van der Waals surface area contributed by atoms with Crippen molar-refractivity contribution in [1.29, 1.82) is 0 Å². The maximum Gasteiger partial charge on any atom is 0.340 e. The summed E-state index contributed by atoms with van der Waals surface area (Å²) >= 11 is 0. The Morgan fingerprint density at radius 3 is 2.69 bits per heavy atom. The van der Waals surface area contributed by atoms with Gasteiger partial charge in [-0.25, -0.2) is 13.2 Å². The summed E-state index contributed by atoms with van der Waals surface area (Å²) in [5.74, 6) is -0.967. The highest BCUT2D eigenvalue weighted by Gasteiger charge is 2.39. The molecule has 0 spiro atoms. The summed E-state index contributed by atoms with van der Waals surface area (Å²) in [5.41, 5.74) is 2.89. The van der Waals surface area contributed by atoms with E-state index in [-0.39, 0.29) is 28.0 Å². The minimum atomic E-state index is -3.95. The summed E-state index contributed by atoms with van der Waals surface area (Å²) in [4.78, 5) is 26.5. The van der Waals surface area contributed by atoms with E-state index in [2.05, 4.69) is 0 Å². The second-order valence-electron chi connectivity index (χ2n) is 7.32. The Bertz CT molecular complexity index is 1130. The summed E-state index contributed by atoms with van der Waals surface area (Å²) in [6, 6.07) is 9.66. The molecule has 0 aliphatic carbocycles. The molecule has 7 nitrogen and oxygen atoms in total. The first-order valence-electron chi connectivity index (χ1n) is 9.42. The van der Waals surface area contributed by atoms with Crippen molar-refractivity contribution in [3.05, 3.63) is 53.1 Å². The third kappa shape index (κ3) is 2.90. The van der Waals surface area contributed by atoms with Crippen LogP contribution in [0.2, 0.25) is 0 Å². The van der Waals surface area contributed by atoms with Gasteiger partial charge < -0.3 is 9.64 Å². The minimum absolute atomic E-state index is 0.0138. The van der Waals surface area contributed by atoms with E-state index in [1.165, 1.54) is 20.2 Å². The molecule has 0 N–H and O–H groups in total. The quantitative estimate of drug-likeness (QED) is 0.719. The van der Waals surface area contributed by atoms with Gasteiger partial charge in [-0.3, -0.25) is 9.10 Å². The monoisotopic (exact) mass is 414 g/mol. The number of esters is 1. The molecule has 8 heteroatoms. The van der Waals surface area contributed by atoms with Crippen LogP contribution in [0.3, 0.4) is 0 Å². The van der Waals surface area contributed by atoms with E-state index in [1.54, 1.807) is 35.2 Å². The number of ether oxygens (including phenoxy) is 1. The Hall–Kier alpha value is -2.87. The van der Waals surface area contributed by atoms with Gasteiger partial charge in [0.1, 0.15) is 0 Å². The lowest BCUT2D eigenvalue weighted by atomic mass is 9.97. The fourth-order valence-corrected chi connectivity index (χ4v) is 5.43. The summed E-state index contributed by atoms with van der Waals surface area (Å²) in [6.07, 6.45) is 1.53.